The summed E-state index contributed by atoms with van der Waals surface area (Å²) in [6.45, 7) is 7.42. The Hall–Kier alpha value is -1.33. The maximum absolute atomic E-state index is 13.1. The SMILES string of the molecule is C[C@@H](O)[C@H]1C(=O)N2C(C(=O)O)=C(S[C@H]3C[C@@H](C(=O)N4CCCNCC4)N(C)C3)[C@H](C)[C@H]12.Cl. The van der Waals surface area contributed by atoms with Gasteiger partial charge < -0.3 is 25.3 Å². The van der Waals surface area contributed by atoms with Crippen LogP contribution >= 0.6 is 24.2 Å². The average Bonchev–Trinajstić information content (AvgIpc) is 3.02. The van der Waals surface area contributed by atoms with Crippen LogP contribution in [0.2, 0.25) is 0 Å². The summed E-state index contributed by atoms with van der Waals surface area (Å²) in [5.41, 5.74) is 0.0559. The first-order valence-electron chi connectivity index (χ1n) is 11.1. The van der Waals surface area contributed by atoms with Crippen LogP contribution in [-0.2, 0) is 14.4 Å². The summed E-state index contributed by atoms with van der Waals surface area (Å²) >= 11 is 1.50. The number of likely N-dealkylation sites (tertiary alicyclic amines) is 1. The number of fused-ring (bicyclic) bond motifs is 1. The van der Waals surface area contributed by atoms with Crippen LogP contribution in [0.4, 0.5) is 0 Å². The summed E-state index contributed by atoms with van der Waals surface area (Å²) < 4.78 is 0. The van der Waals surface area contributed by atoms with Crippen molar-refractivity contribution >= 4 is 42.0 Å². The Morgan fingerprint density at radius 3 is 2.62 bits per heavy atom. The number of carbonyl (C=O) groups excluding carboxylic acids is 2. The molecule has 0 spiro atoms. The lowest BCUT2D eigenvalue weighted by atomic mass is 9.79. The van der Waals surface area contributed by atoms with Gasteiger partial charge >= 0.3 is 5.97 Å². The number of aliphatic carboxylic acids is 1. The number of carboxylic acid groups (broad SMARTS) is 1. The van der Waals surface area contributed by atoms with E-state index in [-0.39, 0.29) is 53.2 Å². The van der Waals surface area contributed by atoms with E-state index in [0.29, 0.717) is 24.4 Å². The van der Waals surface area contributed by atoms with Crippen molar-refractivity contribution in [3.63, 3.8) is 0 Å². The second-order valence-corrected chi connectivity index (χ2v) is 10.5. The molecule has 0 bridgehead atoms. The van der Waals surface area contributed by atoms with Gasteiger partial charge in [-0.2, -0.15) is 0 Å². The van der Waals surface area contributed by atoms with Crippen LogP contribution in [0.3, 0.4) is 0 Å². The van der Waals surface area contributed by atoms with Gasteiger partial charge in [-0.25, -0.2) is 4.79 Å². The van der Waals surface area contributed by atoms with Crippen molar-refractivity contribution in [3.8, 4) is 0 Å². The molecule has 4 aliphatic heterocycles. The first-order chi connectivity index (χ1) is 14.7. The van der Waals surface area contributed by atoms with Gasteiger partial charge in [0, 0.05) is 42.3 Å². The first-order valence-corrected chi connectivity index (χ1v) is 11.9. The highest BCUT2D eigenvalue weighted by molar-refractivity contribution is 8.03. The van der Waals surface area contributed by atoms with Gasteiger partial charge in [0.2, 0.25) is 11.8 Å². The third-order valence-electron chi connectivity index (χ3n) is 7.05. The molecule has 0 radical (unpaired) electrons. The Morgan fingerprint density at radius 1 is 1.25 bits per heavy atom. The number of aliphatic hydroxyl groups excluding tert-OH is 1. The molecule has 32 heavy (non-hydrogen) atoms. The zero-order valence-electron chi connectivity index (χ0n) is 18.7. The van der Waals surface area contributed by atoms with Crippen LogP contribution in [0.5, 0.6) is 0 Å². The largest absolute Gasteiger partial charge is 0.477 e. The number of nitrogens with one attached hydrogen (secondary N) is 1. The highest BCUT2D eigenvalue weighted by atomic mass is 35.5. The van der Waals surface area contributed by atoms with Gasteiger partial charge in [0.1, 0.15) is 5.70 Å². The number of carbonyl (C=O) groups is 3. The fraction of sp³-hybridized carbons (Fsp3) is 0.762. The number of carboxylic acids is 1. The minimum Gasteiger partial charge on any atom is -0.477 e. The number of β-lactam (4-membered cyclic amide) rings is 1. The summed E-state index contributed by atoms with van der Waals surface area (Å²) in [5, 5.41) is 23.2. The molecule has 11 heteroatoms. The Bertz CT molecular complexity index is 801. The van der Waals surface area contributed by atoms with Crippen LogP contribution in [-0.4, -0.2) is 106 Å². The molecule has 2 amide bonds. The number of amides is 2. The lowest BCUT2D eigenvalue weighted by molar-refractivity contribution is -0.163. The van der Waals surface area contributed by atoms with Crippen LogP contribution in [0.1, 0.15) is 26.7 Å². The number of halogens is 1. The molecule has 4 aliphatic rings. The number of nitrogens with zero attached hydrogens (tertiary/aromatic N) is 3. The van der Waals surface area contributed by atoms with Crippen LogP contribution < -0.4 is 5.32 Å². The van der Waals surface area contributed by atoms with Gasteiger partial charge in [-0.1, -0.05) is 6.92 Å². The minimum atomic E-state index is -1.11. The van der Waals surface area contributed by atoms with Crippen molar-refractivity contribution in [3.05, 3.63) is 10.6 Å². The number of rotatable bonds is 5. The standard InChI is InChI=1S/C21H32N4O5S.ClH/c1-11-16-15(12(2)26)20(28)25(16)17(21(29)30)18(11)31-13-9-14(23(3)10-13)19(27)24-7-4-5-22-6-8-24;/h11-16,22,26H,4-10H2,1-3H3,(H,29,30);1H/t11-,12-,13+,14+,15-,16-;/m1./s1. The number of hydrogen-bond donors (Lipinski definition) is 3. The third kappa shape index (κ3) is 4.27. The monoisotopic (exact) mass is 488 g/mol. The van der Waals surface area contributed by atoms with E-state index in [1.54, 1.807) is 6.92 Å². The number of aliphatic hydroxyl groups is 1. The van der Waals surface area contributed by atoms with Crippen molar-refractivity contribution in [1.82, 2.24) is 20.0 Å². The normalized spacial score (nSPS) is 34.0. The second kappa shape index (κ2) is 9.89. The lowest BCUT2D eigenvalue weighted by Gasteiger charge is -2.46. The maximum Gasteiger partial charge on any atom is 0.353 e. The number of hydrogen-bond acceptors (Lipinski definition) is 7. The van der Waals surface area contributed by atoms with Crippen molar-refractivity contribution in [2.75, 3.05) is 39.8 Å². The Labute approximate surface area is 199 Å². The summed E-state index contributed by atoms with van der Waals surface area (Å²) in [7, 11) is 1.95. The van der Waals surface area contributed by atoms with Gasteiger partial charge in [0.05, 0.1) is 24.1 Å². The van der Waals surface area contributed by atoms with Crippen LogP contribution in [0, 0.1) is 11.8 Å². The van der Waals surface area contributed by atoms with Gasteiger partial charge in [0.25, 0.3) is 0 Å². The molecule has 9 nitrogen and oxygen atoms in total. The van der Waals surface area contributed by atoms with E-state index >= 15 is 0 Å². The summed E-state index contributed by atoms with van der Waals surface area (Å²) in [5.74, 6) is -1.98. The van der Waals surface area contributed by atoms with Crippen molar-refractivity contribution < 1.29 is 24.6 Å². The molecule has 3 fully saturated rings. The number of thioether (sulfide) groups is 1. The minimum absolute atomic E-state index is 0. The first kappa shape index (κ1) is 25.3. The van der Waals surface area contributed by atoms with E-state index in [1.165, 1.54) is 16.7 Å². The summed E-state index contributed by atoms with van der Waals surface area (Å²) in [6, 6.07) is -0.507. The second-order valence-electron chi connectivity index (χ2n) is 9.13. The molecule has 0 aromatic rings. The average molecular weight is 489 g/mol. The lowest BCUT2D eigenvalue weighted by Crippen LogP contribution is -2.63. The van der Waals surface area contributed by atoms with E-state index in [2.05, 4.69) is 10.2 Å². The van der Waals surface area contributed by atoms with Gasteiger partial charge in [-0.3, -0.25) is 14.5 Å². The van der Waals surface area contributed by atoms with E-state index in [9.17, 15) is 24.6 Å². The molecule has 0 saturated carbocycles. The molecule has 0 aromatic carbocycles. The predicted octanol–water partition coefficient (Wildman–Crippen LogP) is 0.190. The molecule has 3 saturated heterocycles. The fourth-order valence-electron chi connectivity index (χ4n) is 5.46. The highest BCUT2D eigenvalue weighted by Crippen LogP contribution is 2.52. The quantitative estimate of drug-likeness (QED) is 0.470. The summed E-state index contributed by atoms with van der Waals surface area (Å²) in [6.07, 6.45) is 0.798. The molecule has 6 atom stereocenters. The van der Waals surface area contributed by atoms with E-state index in [0.717, 1.165) is 26.1 Å². The van der Waals surface area contributed by atoms with E-state index in [1.807, 2.05) is 18.9 Å². The Kier molecular flexibility index (Phi) is 7.81. The highest BCUT2D eigenvalue weighted by Gasteiger charge is 2.60. The molecule has 0 aromatic heterocycles. The molecular weight excluding hydrogens is 456 g/mol. The van der Waals surface area contributed by atoms with Gasteiger partial charge in [0.15, 0.2) is 0 Å². The van der Waals surface area contributed by atoms with Gasteiger partial charge in [-0.15, -0.1) is 24.2 Å². The van der Waals surface area contributed by atoms with Crippen molar-refractivity contribution in [2.24, 2.45) is 11.8 Å². The Morgan fingerprint density at radius 2 is 1.97 bits per heavy atom. The molecular formula is C21H33ClN4O5S. The molecule has 4 heterocycles. The zero-order valence-corrected chi connectivity index (χ0v) is 20.3. The zero-order chi connectivity index (χ0) is 22.4. The molecule has 4 rings (SSSR count). The van der Waals surface area contributed by atoms with Crippen LogP contribution in [0.25, 0.3) is 0 Å². The maximum atomic E-state index is 13.1. The Balaban J connectivity index is 0.00000289. The predicted molar refractivity (Wildman–Crippen MR) is 123 cm³/mol. The van der Waals surface area contributed by atoms with Crippen LogP contribution in [0.15, 0.2) is 10.6 Å². The van der Waals surface area contributed by atoms with Crippen molar-refractivity contribution in [1.29, 1.82) is 0 Å². The summed E-state index contributed by atoms with van der Waals surface area (Å²) in [4.78, 5) is 43.7. The molecule has 180 valence electrons. The molecule has 0 unspecified atom stereocenters. The van der Waals surface area contributed by atoms with E-state index < -0.39 is 18.0 Å². The van der Waals surface area contributed by atoms with Gasteiger partial charge in [-0.05, 0) is 33.4 Å². The third-order valence-corrected chi connectivity index (χ3v) is 8.55. The molecule has 3 N–H and O–H groups in total. The fourth-order valence-corrected chi connectivity index (χ4v) is 7.06. The molecule has 0 aliphatic carbocycles. The van der Waals surface area contributed by atoms with Crippen molar-refractivity contribution in [2.45, 2.75) is 50.1 Å². The number of likely N-dealkylation sites (N-methyl/N-ethyl adjacent to an activating group) is 1. The smallest absolute Gasteiger partial charge is 0.353 e. The van der Waals surface area contributed by atoms with E-state index in [4.69, 9.17) is 0 Å². The topological polar surface area (TPSA) is 113 Å².